The van der Waals surface area contributed by atoms with Gasteiger partial charge in [-0.15, -0.1) is 11.3 Å². The van der Waals surface area contributed by atoms with Crippen LogP contribution in [-0.2, 0) is 5.75 Å². The van der Waals surface area contributed by atoms with Crippen LogP contribution in [0.15, 0.2) is 34.2 Å². The van der Waals surface area contributed by atoms with Crippen molar-refractivity contribution < 1.29 is 4.79 Å². The average molecular weight is 389 g/mol. The minimum atomic E-state index is -0.119. The van der Waals surface area contributed by atoms with Gasteiger partial charge < -0.3 is 10.3 Å². The molecule has 20 heavy (non-hydrogen) atoms. The van der Waals surface area contributed by atoms with Crippen molar-refractivity contribution in [3.63, 3.8) is 0 Å². The van der Waals surface area contributed by atoms with Crippen LogP contribution in [0, 0.1) is 4.64 Å². The van der Waals surface area contributed by atoms with E-state index in [0.29, 0.717) is 16.7 Å². The van der Waals surface area contributed by atoms with Crippen LogP contribution in [0.3, 0.4) is 0 Å². The third-order valence-electron chi connectivity index (χ3n) is 2.47. The standard InChI is InChI=1S/C13H13BrN2OS3/c14-11-4-3-9(20-11)8-19-7-6-15-12(17)10-2-1-5-16-13(10)18/h1-5H,6-8H2,(H,15,17)(H,16,18). The number of aromatic nitrogens is 1. The summed E-state index contributed by atoms with van der Waals surface area (Å²) in [6, 6.07) is 7.67. The molecule has 0 aliphatic heterocycles. The number of H-pyrrole nitrogens is 1. The minimum Gasteiger partial charge on any atom is -0.352 e. The van der Waals surface area contributed by atoms with E-state index in [1.165, 1.54) is 4.88 Å². The molecule has 2 heterocycles. The maximum atomic E-state index is 11.9. The van der Waals surface area contributed by atoms with Crippen molar-refractivity contribution in [3.05, 3.63) is 49.3 Å². The quantitative estimate of drug-likeness (QED) is 0.574. The summed E-state index contributed by atoms with van der Waals surface area (Å²) in [4.78, 5) is 16.1. The first kappa shape index (κ1) is 15.8. The molecule has 2 aromatic rings. The maximum absolute atomic E-state index is 11.9. The predicted molar refractivity (Wildman–Crippen MR) is 92.1 cm³/mol. The van der Waals surface area contributed by atoms with E-state index in [4.69, 9.17) is 12.2 Å². The molecular formula is C13H13BrN2OS3. The van der Waals surface area contributed by atoms with E-state index in [-0.39, 0.29) is 5.91 Å². The summed E-state index contributed by atoms with van der Waals surface area (Å²) >= 11 is 12.1. The summed E-state index contributed by atoms with van der Waals surface area (Å²) in [5.41, 5.74) is 0.523. The molecule has 0 aliphatic rings. The molecule has 0 fully saturated rings. The third-order valence-corrected chi connectivity index (χ3v) is 5.62. The molecule has 1 amide bonds. The molecule has 0 saturated carbocycles. The normalized spacial score (nSPS) is 10.4. The van der Waals surface area contributed by atoms with Gasteiger partial charge in [0.05, 0.1) is 9.35 Å². The Morgan fingerprint density at radius 1 is 1.45 bits per heavy atom. The van der Waals surface area contributed by atoms with Gasteiger partial charge in [0.15, 0.2) is 0 Å². The molecule has 7 heteroatoms. The van der Waals surface area contributed by atoms with E-state index in [1.54, 1.807) is 41.4 Å². The lowest BCUT2D eigenvalue weighted by atomic mass is 10.3. The zero-order valence-corrected chi connectivity index (χ0v) is 14.6. The number of thioether (sulfide) groups is 1. The Hall–Kier alpha value is -0.630. The van der Waals surface area contributed by atoms with E-state index in [2.05, 4.69) is 38.4 Å². The lowest BCUT2D eigenvalue weighted by Crippen LogP contribution is -2.26. The van der Waals surface area contributed by atoms with Crippen molar-refractivity contribution in [2.45, 2.75) is 5.75 Å². The molecule has 2 aromatic heterocycles. The number of carbonyl (C=O) groups excluding carboxylic acids is 1. The van der Waals surface area contributed by atoms with Crippen molar-refractivity contribution in [1.82, 2.24) is 10.3 Å². The highest BCUT2D eigenvalue weighted by Crippen LogP contribution is 2.25. The summed E-state index contributed by atoms with van der Waals surface area (Å²) in [7, 11) is 0. The number of hydrogen-bond donors (Lipinski definition) is 2. The molecule has 0 aromatic carbocycles. The van der Waals surface area contributed by atoms with Gasteiger partial charge in [-0.2, -0.15) is 11.8 Å². The number of nitrogens with one attached hydrogen (secondary N) is 2. The zero-order chi connectivity index (χ0) is 14.4. The summed E-state index contributed by atoms with van der Waals surface area (Å²) in [6.45, 7) is 0.639. The molecule has 2 rings (SSSR count). The molecule has 106 valence electrons. The van der Waals surface area contributed by atoms with Crippen LogP contribution < -0.4 is 5.32 Å². The van der Waals surface area contributed by atoms with Crippen LogP contribution in [0.4, 0.5) is 0 Å². The SMILES string of the molecule is O=C(NCCSCc1ccc(Br)s1)c1ccc[nH]c1=S. The van der Waals surface area contributed by atoms with Gasteiger partial charge in [-0.1, -0.05) is 12.2 Å². The number of hydrogen-bond acceptors (Lipinski definition) is 4. The Morgan fingerprint density at radius 2 is 2.30 bits per heavy atom. The largest absolute Gasteiger partial charge is 0.352 e. The van der Waals surface area contributed by atoms with E-state index in [1.807, 2.05) is 0 Å². The van der Waals surface area contributed by atoms with E-state index in [9.17, 15) is 4.79 Å². The highest BCUT2D eigenvalue weighted by molar-refractivity contribution is 9.11. The first-order valence-corrected chi connectivity index (χ1v) is 9.12. The summed E-state index contributed by atoms with van der Waals surface area (Å²) < 4.78 is 1.63. The Labute approximate surface area is 139 Å². The third kappa shape index (κ3) is 4.73. The summed E-state index contributed by atoms with van der Waals surface area (Å²) in [5, 5.41) is 2.88. The van der Waals surface area contributed by atoms with Gasteiger partial charge >= 0.3 is 0 Å². The Kier molecular flexibility index (Phi) is 6.28. The second kappa shape index (κ2) is 7.97. The molecule has 3 nitrogen and oxygen atoms in total. The molecule has 0 radical (unpaired) electrons. The number of rotatable bonds is 6. The van der Waals surface area contributed by atoms with Gasteiger partial charge in [0.25, 0.3) is 5.91 Å². The van der Waals surface area contributed by atoms with Crippen molar-refractivity contribution in [1.29, 1.82) is 0 Å². The fourth-order valence-electron chi connectivity index (χ4n) is 1.53. The monoisotopic (exact) mass is 388 g/mol. The maximum Gasteiger partial charge on any atom is 0.254 e. The van der Waals surface area contributed by atoms with Crippen LogP contribution in [0.5, 0.6) is 0 Å². The number of amides is 1. The predicted octanol–water partition coefficient (Wildman–Crippen LogP) is 4.23. The van der Waals surface area contributed by atoms with E-state index in [0.717, 1.165) is 15.3 Å². The first-order chi connectivity index (χ1) is 9.66. The van der Waals surface area contributed by atoms with E-state index >= 15 is 0 Å². The number of halogens is 1. The molecule has 0 bridgehead atoms. The van der Waals surface area contributed by atoms with Crippen LogP contribution in [0.25, 0.3) is 0 Å². The first-order valence-electron chi connectivity index (χ1n) is 5.94. The highest BCUT2D eigenvalue weighted by Gasteiger charge is 2.06. The van der Waals surface area contributed by atoms with Crippen LogP contribution in [0.2, 0.25) is 0 Å². The average Bonchev–Trinajstić information content (AvgIpc) is 2.84. The van der Waals surface area contributed by atoms with Gasteiger partial charge in [0, 0.05) is 29.1 Å². The van der Waals surface area contributed by atoms with Gasteiger partial charge in [0.1, 0.15) is 4.64 Å². The Balaban J connectivity index is 1.70. The molecule has 0 saturated heterocycles. The van der Waals surface area contributed by atoms with Gasteiger partial charge in [-0.3, -0.25) is 4.79 Å². The minimum absolute atomic E-state index is 0.119. The van der Waals surface area contributed by atoms with Crippen LogP contribution in [-0.4, -0.2) is 23.2 Å². The van der Waals surface area contributed by atoms with Crippen molar-refractivity contribution in [2.75, 3.05) is 12.3 Å². The van der Waals surface area contributed by atoms with Crippen LogP contribution in [0.1, 0.15) is 15.2 Å². The molecule has 0 atom stereocenters. The molecular weight excluding hydrogens is 376 g/mol. The highest BCUT2D eigenvalue weighted by atomic mass is 79.9. The summed E-state index contributed by atoms with van der Waals surface area (Å²) in [6.07, 6.45) is 1.72. The lowest BCUT2D eigenvalue weighted by Gasteiger charge is -2.04. The second-order valence-corrected chi connectivity index (χ2v) is 7.99. The fourth-order valence-corrected chi connectivity index (χ4v) is 4.22. The number of aromatic amines is 1. The number of pyridine rings is 1. The van der Waals surface area contributed by atoms with Gasteiger partial charge in [-0.25, -0.2) is 0 Å². The van der Waals surface area contributed by atoms with Gasteiger partial charge in [-0.05, 0) is 40.2 Å². The van der Waals surface area contributed by atoms with E-state index < -0.39 is 0 Å². The fraction of sp³-hybridized carbons (Fsp3) is 0.231. The molecule has 0 spiro atoms. The second-order valence-electron chi connectivity index (χ2n) is 3.93. The van der Waals surface area contributed by atoms with Crippen LogP contribution >= 0.6 is 51.2 Å². The van der Waals surface area contributed by atoms with Gasteiger partial charge in [0.2, 0.25) is 0 Å². The number of carbonyl (C=O) groups is 1. The topological polar surface area (TPSA) is 44.9 Å². The van der Waals surface area contributed by atoms with Crippen molar-refractivity contribution >= 4 is 57.2 Å². The smallest absolute Gasteiger partial charge is 0.254 e. The Bertz CT molecular complexity index is 638. The number of thiophene rings is 1. The zero-order valence-electron chi connectivity index (χ0n) is 10.5. The summed E-state index contributed by atoms with van der Waals surface area (Å²) in [5.74, 6) is 1.73. The molecule has 2 N–H and O–H groups in total. The Morgan fingerprint density at radius 3 is 3.00 bits per heavy atom. The van der Waals surface area contributed by atoms with Crippen molar-refractivity contribution in [2.24, 2.45) is 0 Å². The molecule has 0 aliphatic carbocycles. The van der Waals surface area contributed by atoms with Crippen molar-refractivity contribution in [3.8, 4) is 0 Å². The molecule has 0 unspecified atom stereocenters. The lowest BCUT2D eigenvalue weighted by molar-refractivity contribution is 0.0955.